The number of anilines is 1. The molecule has 0 atom stereocenters. The van der Waals surface area contributed by atoms with E-state index in [1.54, 1.807) is 0 Å². The van der Waals surface area contributed by atoms with E-state index >= 15 is 0 Å². The van der Waals surface area contributed by atoms with Gasteiger partial charge in [-0.05, 0) is 61.2 Å². The first-order valence-electron chi connectivity index (χ1n) is 11.1. The predicted octanol–water partition coefficient (Wildman–Crippen LogP) is 5.02. The number of nitro groups is 1. The molecule has 0 N–H and O–H groups in total. The van der Waals surface area contributed by atoms with Crippen LogP contribution in [0.25, 0.3) is 5.57 Å². The van der Waals surface area contributed by atoms with Crippen LogP contribution in [-0.4, -0.2) is 28.2 Å². The summed E-state index contributed by atoms with van der Waals surface area (Å²) in [5.74, 6) is -0.834. The molecule has 1 aliphatic heterocycles. The zero-order valence-corrected chi connectivity index (χ0v) is 19.3. The Hall–Kier alpha value is -4.26. The fourth-order valence-corrected chi connectivity index (χ4v) is 4.15. The average molecular weight is 456 g/mol. The fraction of sp³-hybridized carbons (Fsp3) is 0.185. The van der Waals surface area contributed by atoms with Crippen LogP contribution < -0.4 is 4.90 Å². The molecule has 172 valence electrons. The molecule has 0 aliphatic carbocycles. The molecule has 3 aromatic carbocycles. The molecule has 0 bridgehead atoms. The minimum absolute atomic E-state index is 0.0781. The molecule has 3 aromatic rings. The number of hydrogen-bond acceptors (Lipinski definition) is 5. The number of likely N-dealkylation sites (N-methyl/N-ethyl adjacent to an activating group) is 1. The van der Waals surface area contributed by atoms with Crippen molar-refractivity contribution in [2.45, 2.75) is 27.3 Å². The smallest absolute Gasteiger partial charge is 0.282 e. The number of nitrogens with zero attached hydrogens (tertiary/aromatic N) is 3. The number of hydrogen-bond donors (Lipinski definition) is 0. The van der Waals surface area contributed by atoms with Gasteiger partial charge in [-0.3, -0.25) is 19.7 Å². The number of amides is 2. The second kappa shape index (κ2) is 9.31. The summed E-state index contributed by atoms with van der Waals surface area (Å²) in [7, 11) is 0. The Balaban J connectivity index is 1.86. The lowest BCUT2D eigenvalue weighted by Crippen LogP contribution is -2.35. The van der Waals surface area contributed by atoms with E-state index in [1.807, 2.05) is 74.2 Å². The Morgan fingerprint density at radius 1 is 0.912 bits per heavy atom. The number of imide groups is 1. The minimum atomic E-state index is -0.489. The number of carbonyl (C=O) groups is 2. The fourth-order valence-electron chi connectivity index (χ4n) is 4.15. The summed E-state index contributed by atoms with van der Waals surface area (Å²) in [5, 5.41) is 11.1. The topological polar surface area (TPSA) is 83.8 Å². The van der Waals surface area contributed by atoms with E-state index in [4.69, 9.17) is 0 Å². The van der Waals surface area contributed by atoms with Gasteiger partial charge in [-0.15, -0.1) is 0 Å². The lowest BCUT2D eigenvalue weighted by molar-refractivity contribution is -0.384. The predicted molar refractivity (Wildman–Crippen MR) is 131 cm³/mol. The van der Waals surface area contributed by atoms with Crippen LogP contribution in [0.2, 0.25) is 0 Å². The maximum Gasteiger partial charge on any atom is 0.282 e. The standard InChI is InChI=1S/C27H25N3O4/c1-4-28(17-20-8-6-5-7-9-20)25-24(21-12-14-22(15-13-21)30(33)34)26(31)29(27(25)32)23-16-18(2)10-11-19(23)3/h5-16H,4,17H2,1-3H3. The Bertz CT molecular complexity index is 1300. The lowest BCUT2D eigenvalue weighted by atomic mass is 10.0. The highest BCUT2D eigenvalue weighted by atomic mass is 16.6. The molecular formula is C27H25N3O4. The van der Waals surface area contributed by atoms with E-state index in [0.717, 1.165) is 16.7 Å². The van der Waals surface area contributed by atoms with Crippen LogP contribution in [0.1, 0.15) is 29.2 Å². The van der Waals surface area contributed by atoms with Gasteiger partial charge in [0.25, 0.3) is 17.5 Å². The number of nitro benzene ring substituents is 1. The highest BCUT2D eigenvalue weighted by molar-refractivity contribution is 6.45. The third-order valence-corrected chi connectivity index (χ3v) is 5.95. The van der Waals surface area contributed by atoms with Crippen molar-refractivity contribution in [1.29, 1.82) is 0 Å². The normalized spacial score (nSPS) is 13.6. The number of aryl methyl sites for hydroxylation is 2. The van der Waals surface area contributed by atoms with E-state index in [9.17, 15) is 19.7 Å². The second-order valence-corrected chi connectivity index (χ2v) is 8.26. The first kappa shape index (κ1) is 22.9. The first-order chi connectivity index (χ1) is 16.3. The van der Waals surface area contributed by atoms with Gasteiger partial charge in [0.2, 0.25) is 0 Å². The lowest BCUT2D eigenvalue weighted by Gasteiger charge is -2.25. The number of non-ortho nitro benzene ring substituents is 1. The van der Waals surface area contributed by atoms with Gasteiger partial charge in [0.15, 0.2) is 0 Å². The summed E-state index contributed by atoms with van der Waals surface area (Å²) in [6.45, 7) is 6.65. The Kier molecular flexibility index (Phi) is 6.27. The maximum atomic E-state index is 13.8. The molecule has 0 spiro atoms. The van der Waals surface area contributed by atoms with E-state index in [2.05, 4.69) is 0 Å². The monoisotopic (exact) mass is 455 g/mol. The van der Waals surface area contributed by atoms with Crippen LogP contribution in [-0.2, 0) is 16.1 Å². The average Bonchev–Trinajstić information content (AvgIpc) is 3.09. The molecule has 0 saturated carbocycles. The molecule has 0 aromatic heterocycles. The van der Waals surface area contributed by atoms with Crippen LogP contribution in [0.15, 0.2) is 78.5 Å². The third kappa shape index (κ3) is 4.20. The number of rotatable bonds is 7. The highest BCUT2D eigenvalue weighted by Crippen LogP contribution is 2.37. The van der Waals surface area contributed by atoms with Gasteiger partial charge < -0.3 is 4.90 Å². The Morgan fingerprint density at radius 2 is 1.59 bits per heavy atom. The SMILES string of the molecule is CCN(Cc1ccccc1)C1=C(c2ccc([N+](=O)[O-])cc2)C(=O)N(c2cc(C)ccc2C)C1=O. The molecule has 1 heterocycles. The van der Waals surface area contributed by atoms with Crippen molar-refractivity contribution in [2.24, 2.45) is 0 Å². The van der Waals surface area contributed by atoms with Crippen molar-refractivity contribution < 1.29 is 14.5 Å². The van der Waals surface area contributed by atoms with Gasteiger partial charge in [0.05, 0.1) is 16.2 Å². The summed E-state index contributed by atoms with van der Waals surface area (Å²) in [6, 6.07) is 21.1. The largest absolute Gasteiger partial charge is 0.362 e. The summed E-state index contributed by atoms with van der Waals surface area (Å²) < 4.78 is 0. The molecule has 7 heteroatoms. The molecule has 0 radical (unpaired) electrons. The van der Waals surface area contributed by atoms with E-state index in [-0.39, 0.29) is 11.3 Å². The summed E-state index contributed by atoms with van der Waals surface area (Å²) in [6.07, 6.45) is 0. The van der Waals surface area contributed by atoms with Crippen molar-refractivity contribution in [3.05, 3.63) is 111 Å². The summed E-state index contributed by atoms with van der Waals surface area (Å²) >= 11 is 0. The molecule has 34 heavy (non-hydrogen) atoms. The quantitative estimate of drug-likeness (QED) is 0.284. The molecule has 0 saturated heterocycles. The molecule has 0 unspecified atom stereocenters. The molecule has 7 nitrogen and oxygen atoms in total. The van der Waals surface area contributed by atoms with Crippen LogP contribution in [0, 0.1) is 24.0 Å². The third-order valence-electron chi connectivity index (χ3n) is 5.95. The van der Waals surface area contributed by atoms with E-state index < -0.39 is 16.7 Å². The first-order valence-corrected chi connectivity index (χ1v) is 11.1. The van der Waals surface area contributed by atoms with Crippen molar-refractivity contribution in [3.8, 4) is 0 Å². The van der Waals surface area contributed by atoms with Gasteiger partial charge in [-0.25, -0.2) is 4.90 Å². The molecule has 4 rings (SSSR count). The van der Waals surface area contributed by atoms with E-state index in [0.29, 0.717) is 30.0 Å². The maximum absolute atomic E-state index is 13.8. The van der Waals surface area contributed by atoms with Crippen molar-refractivity contribution in [3.63, 3.8) is 0 Å². The van der Waals surface area contributed by atoms with Crippen molar-refractivity contribution >= 4 is 28.8 Å². The zero-order valence-electron chi connectivity index (χ0n) is 19.3. The van der Waals surface area contributed by atoms with Crippen LogP contribution >= 0.6 is 0 Å². The second-order valence-electron chi connectivity index (χ2n) is 8.26. The number of benzene rings is 3. The Morgan fingerprint density at radius 3 is 2.21 bits per heavy atom. The van der Waals surface area contributed by atoms with Gasteiger partial charge in [0, 0.05) is 25.2 Å². The van der Waals surface area contributed by atoms with Gasteiger partial charge in [-0.2, -0.15) is 0 Å². The Labute approximate surface area is 198 Å². The van der Waals surface area contributed by atoms with Crippen LogP contribution in [0.5, 0.6) is 0 Å². The minimum Gasteiger partial charge on any atom is -0.362 e. The highest BCUT2D eigenvalue weighted by Gasteiger charge is 2.42. The number of carbonyl (C=O) groups excluding carboxylic acids is 2. The molecule has 1 aliphatic rings. The van der Waals surface area contributed by atoms with Crippen LogP contribution in [0.4, 0.5) is 11.4 Å². The van der Waals surface area contributed by atoms with Gasteiger partial charge in [0.1, 0.15) is 5.70 Å². The molecule has 2 amide bonds. The van der Waals surface area contributed by atoms with Crippen LogP contribution in [0.3, 0.4) is 0 Å². The van der Waals surface area contributed by atoms with E-state index in [1.165, 1.54) is 29.2 Å². The molecular weight excluding hydrogens is 430 g/mol. The summed E-state index contributed by atoms with van der Waals surface area (Å²) in [5.41, 5.74) is 4.23. The van der Waals surface area contributed by atoms with Gasteiger partial charge in [-0.1, -0.05) is 42.5 Å². The van der Waals surface area contributed by atoms with Crippen molar-refractivity contribution in [2.75, 3.05) is 11.4 Å². The van der Waals surface area contributed by atoms with Gasteiger partial charge >= 0.3 is 0 Å². The van der Waals surface area contributed by atoms with Crippen molar-refractivity contribution in [1.82, 2.24) is 4.90 Å². The zero-order chi connectivity index (χ0) is 24.4. The molecule has 0 fully saturated rings. The summed E-state index contributed by atoms with van der Waals surface area (Å²) in [4.78, 5) is 41.4.